The zero-order valence-electron chi connectivity index (χ0n) is 12.6. The summed E-state index contributed by atoms with van der Waals surface area (Å²) in [4.78, 5) is 12.2. The quantitative estimate of drug-likeness (QED) is 0.652. The Morgan fingerprint density at radius 3 is 2.55 bits per heavy atom. The number of phenols is 1. The number of ketones is 1. The van der Waals surface area contributed by atoms with Gasteiger partial charge in [0.2, 0.25) is 0 Å². The van der Waals surface area contributed by atoms with E-state index in [0.717, 1.165) is 5.56 Å². The van der Waals surface area contributed by atoms with E-state index < -0.39 is 0 Å². The van der Waals surface area contributed by atoms with Gasteiger partial charge in [0.1, 0.15) is 5.75 Å². The van der Waals surface area contributed by atoms with Crippen LogP contribution in [0.5, 0.6) is 17.2 Å². The van der Waals surface area contributed by atoms with Gasteiger partial charge in [0.25, 0.3) is 0 Å². The average Bonchev–Trinajstić information content (AvgIpc) is 2.54. The Hall–Kier alpha value is -2.75. The van der Waals surface area contributed by atoms with E-state index in [1.54, 1.807) is 6.08 Å². The van der Waals surface area contributed by atoms with Crippen molar-refractivity contribution in [3.63, 3.8) is 0 Å². The number of carbonyl (C=O) groups excluding carboxylic acids is 1. The molecule has 0 radical (unpaired) electrons. The number of phenolic OH excluding ortho intramolecular Hbond substituents is 1. The van der Waals surface area contributed by atoms with Gasteiger partial charge in [-0.15, -0.1) is 0 Å². The van der Waals surface area contributed by atoms with Gasteiger partial charge < -0.3 is 14.6 Å². The van der Waals surface area contributed by atoms with E-state index in [0.29, 0.717) is 18.1 Å². The second-order valence-corrected chi connectivity index (χ2v) is 4.56. The number of carbonyl (C=O) groups is 1. The summed E-state index contributed by atoms with van der Waals surface area (Å²) in [5.74, 6) is 0.386. The van der Waals surface area contributed by atoms with Crippen molar-refractivity contribution < 1.29 is 19.4 Å². The molecule has 2 aromatic rings. The molecule has 0 aliphatic rings. The third-order valence-electron chi connectivity index (χ3n) is 3.07. The van der Waals surface area contributed by atoms with Crippen molar-refractivity contribution in [1.82, 2.24) is 0 Å². The Labute approximate surface area is 129 Å². The number of hydrogen-bond donors (Lipinski definition) is 1. The third kappa shape index (κ3) is 3.67. The zero-order valence-corrected chi connectivity index (χ0v) is 12.6. The highest BCUT2D eigenvalue weighted by atomic mass is 16.5. The van der Waals surface area contributed by atoms with Crippen LogP contribution in [-0.2, 0) is 0 Å². The van der Waals surface area contributed by atoms with Crippen molar-refractivity contribution in [3.05, 3.63) is 59.7 Å². The predicted molar refractivity (Wildman–Crippen MR) is 85.6 cm³/mol. The van der Waals surface area contributed by atoms with Gasteiger partial charge in [0, 0.05) is 6.07 Å². The lowest BCUT2D eigenvalue weighted by molar-refractivity contribution is 0.104. The molecule has 0 heterocycles. The second-order valence-electron chi connectivity index (χ2n) is 4.56. The molecule has 0 atom stereocenters. The van der Waals surface area contributed by atoms with Crippen molar-refractivity contribution in [1.29, 1.82) is 0 Å². The van der Waals surface area contributed by atoms with Crippen LogP contribution in [-0.4, -0.2) is 24.6 Å². The van der Waals surface area contributed by atoms with Crippen LogP contribution in [0, 0.1) is 0 Å². The predicted octanol–water partition coefficient (Wildman–Crippen LogP) is 3.70. The van der Waals surface area contributed by atoms with Crippen molar-refractivity contribution in [2.24, 2.45) is 0 Å². The fraction of sp³-hybridized carbons (Fsp3) is 0.167. The number of rotatable bonds is 6. The van der Waals surface area contributed by atoms with Crippen LogP contribution < -0.4 is 9.47 Å². The monoisotopic (exact) mass is 298 g/mol. The molecular weight excluding hydrogens is 280 g/mol. The molecular formula is C18H18O4. The third-order valence-corrected chi connectivity index (χ3v) is 3.07. The van der Waals surface area contributed by atoms with E-state index in [-0.39, 0.29) is 17.1 Å². The summed E-state index contributed by atoms with van der Waals surface area (Å²) in [6, 6.07) is 12.3. The fourth-order valence-corrected chi connectivity index (χ4v) is 2.00. The Morgan fingerprint density at radius 2 is 1.91 bits per heavy atom. The summed E-state index contributed by atoms with van der Waals surface area (Å²) in [6.45, 7) is 2.27. The first kappa shape index (κ1) is 15.6. The zero-order chi connectivity index (χ0) is 15.9. The molecule has 0 aliphatic carbocycles. The molecule has 2 aromatic carbocycles. The highest BCUT2D eigenvalue weighted by Gasteiger charge is 2.15. The molecule has 0 fully saturated rings. The summed E-state index contributed by atoms with van der Waals surface area (Å²) in [5.41, 5.74) is 1.08. The number of aromatic hydroxyl groups is 1. The van der Waals surface area contributed by atoms with Gasteiger partial charge in [-0.25, -0.2) is 0 Å². The molecule has 4 nitrogen and oxygen atoms in total. The first-order chi connectivity index (χ1) is 10.7. The first-order valence-electron chi connectivity index (χ1n) is 6.97. The van der Waals surface area contributed by atoms with Gasteiger partial charge in [-0.2, -0.15) is 0 Å². The van der Waals surface area contributed by atoms with Crippen LogP contribution in [0.25, 0.3) is 6.08 Å². The maximum Gasteiger partial charge on any atom is 0.189 e. The second kappa shape index (κ2) is 7.31. The van der Waals surface area contributed by atoms with Crippen LogP contribution in [0.15, 0.2) is 48.5 Å². The average molecular weight is 298 g/mol. The molecule has 0 saturated heterocycles. The highest BCUT2D eigenvalue weighted by molar-refractivity contribution is 6.09. The van der Waals surface area contributed by atoms with Gasteiger partial charge in [0.15, 0.2) is 17.3 Å². The molecule has 0 bridgehead atoms. The van der Waals surface area contributed by atoms with E-state index in [9.17, 15) is 9.90 Å². The van der Waals surface area contributed by atoms with E-state index >= 15 is 0 Å². The van der Waals surface area contributed by atoms with E-state index in [2.05, 4.69) is 0 Å². The lowest BCUT2D eigenvalue weighted by atomic mass is 10.1. The number of ether oxygens (including phenoxy) is 2. The first-order valence-corrected chi connectivity index (χ1v) is 6.97. The smallest absolute Gasteiger partial charge is 0.189 e. The standard InChI is InChI=1S/C18H18O4/c1-3-22-18-12-16(20)14(11-17(18)21-2)15(19)10-9-13-7-5-4-6-8-13/h4-12,20H,3H2,1-2H3. The van der Waals surface area contributed by atoms with Crippen LogP contribution in [0.1, 0.15) is 22.8 Å². The molecule has 2 rings (SSSR count). The molecule has 0 aromatic heterocycles. The highest BCUT2D eigenvalue weighted by Crippen LogP contribution is 2.34. The lowest BCUT2D eigenvalue weighted by Crippen LogP contribution is -2.00. The number of hydrogen-bond acceptors (Lipinski definition) is 4. The number of benzene rings is 2. The van der Waals surface area contributed by atoms with Crippen LogP contribution >= 0.6 is 0 Å². The summed E-state index contributed by atoms with van der Waals surface area (Å²) in [5, 5.41) is 10.0. The molecule has 0 saturated carbocycles. The molecule has 22 heavy (non-hydrogen) atoms. The fourth-order valence-electron chi connectivity index (χ4n) is 2.00. The topological polar surface area (TPSA) is 55.8 Å². The van der Waals surface area contributed by atoms with Crippen molar-refractivity contribution >= 4 is 11.9 Å². The van der Waals surface area contributed by atoms with Gasteiger partial charge >= 0.3 is 0 Å². The number of methoxy groups -OCH3 is 1. The maximum absolute atomic E-state index is 12.2. The summed E-state index contributed by atoms with van der Waals surface area (Å²) >= 11 is 0. The number of allylic oxidation sites excluding steroid dienone is 1. The molecule has 1 N–H and O–H groups in total. The maximum atomic E-state index is 12.2. The minimum Gasteiger partial charge on any atom is -0.507 e. The van der Waals surface area contributed by atoms with Crippen molar-refractivity contribution in [2.75, 3.05) is 13.7 Å². The Morgan fingerprint density at radius 1 is 1.18 bits per heavy atom. The molecule has 0 aliphatic heterocycles. The van der Waals surface area contributed by atoms with Crippen LogP contribution in [0.3, 0.4) is 0 Å². The van der Waals surface area contributed by atoms with Gasteiger partial charge in [-0.05, 0) is 24.6 Å². The molecule has 0 spiro atoms. The molecule has 0 unspecified atom stereocenters. The van der Waals surface area contributed by atoms with Gasteiger partial charge in [-0.1, -0.05) is 36.4 Å². The molecule has 114 valence electrons. The van der Waals surface area contributed by atoms with E-state index in [1.807, 2.05) is 37.3 Å². The summed E-state index contributed by atoms with van der Waals surface area (Å²) in [7, 11) is 1.49. The molecule has 4 heteroatoms. The van der Waals surface area contributed by atoms with E-state index in [1.165, 1.54) is 25.3 Å². The Bertz CT molecular complexity index is 675. The minimum absolute atomic E-state index is 0.132. The van der Waals surface area contributed by atoms with Crippen molar-refractivity contribution in [3.8, 4) is 17.2 Å². The lowest BCUT2D eigenvalue weighted by Gasteiger charge is -2.11. The summed E-state index contributed by atoms with van der Waals surface area (Å²) < 4.78 is 10.6. The Kier molecular flexibility index (Phi) is 5.20. The van der Waals surface area contributed by atoms with Gasteiger partial charge in [-0.3, -0.25) is 4.79 Å². The molecule has 0 amide bonds. The minimum atomic E-state index is -0.303. The normalized spacial score (nSPS) is 10.6. The van der Waals surface area contributed by atoms with Crippen molar-refractivity contribution in [2.45, 2.75) is 6.92 Å². The Balaban J connectivity index is 2.28. The summed E-state index contributed by atoms with van der Waals surface area (Å²) in [6.07, 6.45) is 3.12. The van der Waals surface area contributed by atoms with Crippen LogP contribution in [0.2, 0.25) is 0 Å². The van der Waals surface area contributed by atoms with Crippen LogP contribution in [0.4, 0.5) is 0 Å². The van der Waals surface area contributed by atoms with E-state index in [4.69, 9.17) is 9.47 Å². The largest absolute Gasteiger partial charge is 0.507 e. The van der Waals surface area contributed by atoms with Gasteiger partial charge in [0.05, 0.1) is 19.3 Å². The SMILES string of the molecule is CCOc1cc(O)c(C(=O)C=Cc2ccccc2)cc1OC.